The monoisotopic (exact) mass is 2300 g/mol. The summed E-state index contributed by atoms with van der Waals surface area (Å²) in [6, 6.07) is 40.6. The molecule has 0 saturated carbocycles. The van der Waals surface area contributed by atoms with Crippen molar-refractivity contribution in [2.45, 2.75) is 26.9 Å². The Kier molecular flexibility index (Phi) is 59.8. The first kappa shape index (κ1) is 98.6. The standard InChI is InChI=1S/C24H19Cl2NO3.C23H17Cl2NO3.S23.S22/c1-15-3-10-19(11-4-15)30-23-20-13-18(26)9-12-21(20)27(22(23)24(28)29-2)14-16-5-7-17(25)8-6-16;1-14-2-9-18(10-3-14)29-22-19-12-17(25)8-11-20(19)26(21(22)23(27)28)13-15-4-6-16(24)7-5-15;1-3-5-7-9-11-13-15-17-19-21-23-22-20-18-16-14-12-10-8-6-4-2;1-3-5-7-9-11-13-15-17-19-21-22-20-18-16-14-12-10-8-6-4-2/h3-13H,14H2,1-2H3;2-12H,13H2,1H3,(H,27,28);;. The Morgan fingerprint density at radius 1 is 0.346 bits per heavy atom. The van der Waals surface area contributed by atoms with E-state index >= 15 is 0 Å². The van der Waals surface area contributed by atoms with Crippen molar-refractivity contribution in [3.8, 4) is 23.0 Å². The largest absolute Gasteiger partial charge is 0.476 e. The topological polar surface area (TPSA) is 91.9 Å². The van der Waals surface area contributed by atoms with E-state index < -0.39 is 11.9 Å². The molecule has 2 heterocycles. The van der Waals surface area contributed by atoms with Crippen LogP contribution < -0.4 is 9.47 Å². The summed E-state index contributed by atoms with van der Waals surface area (Å²) < 4.78 is 20.9. The molecule has 57 heteroatoms. The number of carbonyl (C=O) groups is 2. The van der Waals surface area contributed by atoms with E-state index in [4.69, 9.17) is 105 Å². The third-order valence-electron chi connectivity index (χ3n) is 10.6. The van der Waals surface area contributed by atoms with E-state index in [2.05, 4.69) is 0 Å². The minimum Gasteiger partial charge on any atom is -0.476 e. The molecular weight excluding hydrogens is 2270 g/mol. The fourth-order valence-corrected chi connectivity index (χ4v) is 109. The van der Waals surface area contributed by atoms with Crippen LogP contribution in [0.15, 0.2) is 133 Å². The number of aryl methyl sites for hydroxylation is 2. The van der Waals surface area contributed by atoms with Gasteiger partial charge in [0.25, 0.3) is 0 Å². The number of carboxylic acids is 1. The van der Waals surface area contributed by atoms with Crippen LogP contribution in [0, 0.1) is 13.8 Å². The Hall–Kier alpha value is 4.00. The molecule has 0 amide bonds. The van der Waals surface area contributed by atoms with Gasteiger partial charge in [-0.15, -0.1) is 0 Å². The molecule has 0 saturated heterocycles. The van der Waals surface area contributed by atoms with Crippen molar-refractivity contribution < 1.29 is 28.9 Å². The Bertz CT molecular complexity index is 6360. The Labute approximate surface area is 755 Å². The fraction of sp³-hybridized carbons (Fsp3) is 0.106. The van der Waals surface area contributed by atoms with Crippen molar-refractivity contribution in [1.29, 1.82) is 0 Å². The van der Waals surface area contributed by atoms with E-state index in [0.717, 1.165) is 38.7 Å². The van der Waals surface area contributed by atoms with E-state index in [1.54, 1.807) is 343 Å². The first-order valence-corrected chi connectivity index (χ1v) is 84.3. The molecule has 0 aliphatic heterocycles. The van der Waals surface area contributed by atoms with Crippen molar-refractivity contribution in [1.82, 2.24) is 9.13 Å². The second-order valence-corrected chi connectivity index (χ2v) is 90.8. The second-order valence-electron chi connectivity index (χ2n) is 16.5. The molecule has 8 aromatic rings. The number of aromatic nitrogens is 2. The van der Waals surface area contributed by atoms with E-state index in [9.17, 15) is 14.7 Å². The number of benzene rings is 6. The Morgan fingerprint density at radius 3 is 0.837 bits per heavy atom. The number of hydrogen-bond donors (Lipinski definition) is 1. The number of fused-ring (bicyclic) bond motifs is 2. The zero-order valence-electron chi connectivity index (χ0n) is 50.4. The molecule has 0 bridgehead atoms. The van der Waals surface area contributed by atoms with Gasteiger partial charge in [0.15, 0.2) is 22.9 Å². The third kappa shape index (κ3) is 41.9. The van der Waals surface area contributed by atoms with E-state index in [0.29, 0.717) is 61.5 Å². The van der Waals surface area contributed by atoms with Crippen LogP contribution in [0.5, 0.6) is 23.0 Å². The number of carboxylic acid groups (broad SMARTS) is 1. The Balaban J connectivity index is 0.000000252. The molecule has 104 heavy (non-hydrogen) atoms. The molecule has 0 radical (unpaired) electrons. The third-order valence-corrected chi connectivity index (χ3v) is 98.3. The highest BCUT2D eigenvalue weighted by atomic mass is 35.5. The lowest BCUT2D eigenvalue weighted by atomic mass is 10.2. The molecule has 0 aliphatic carbocycles. The highest BCUT2D eigenvalue weighted by Crippen LogP contribution is 2.40. The van der Waals surface area contributed by atoms with Gasteiger partial charge < -0.3 is 28.5 Å². The number of methoxy groups -OCH3 is 1. The van der Waals surface area contributed by atoms with Crippen LogP contribution in [0.4, 0.5) is 0 Å². The summed E-state index contributed by atoms with van der Waals surface area (Å²) in [5.41, 5.74) is 6.04. The molecule has 6 aromatic carbocycles. The maximum absolute atomic E-state index is 12.8. The molecule has 8 nitrogen and oxygen atoms in total. The number of hydrogen-bond acceptors (Lipinski definition) is 9. The predicted molar refractivity (Wildman–Crippen MR) is 567 cm³/mol. The normalized spacial score (nSPS) is 9.45. The SMILES string of the molecule is COC(=O)c1c(Oc2ccc(C)cc2)c2cc(Cl)ccc2n1Cc1ccc(Cl)cc1.Cc1ccc(Oc2c(C(=O)O)n(Cc3ccc(Cl)cc3)c3ccc(Cl)cc23)cc1.S=S=S=S=S=S=S=S=S=S=S=S=S=S=S=S=S=S=S=S=S=S.S=S=S=S=S=S=S=S=S=S=S=S=S=S=S=S=S=S=S=S=S=S=S. The van der Waals surface area contributed by atoms with E-state index in [1.807, 2.05) is 142 Å². The van der Waals surface area contributed by atoms with Crippen LogP contribution in [-0.4, -0.2) is 33.3 Å². The molecule has 2 aromatic heterocycles. The van der Waals surface area contributed by atoms with Gasteiger partial charge in [0.05, 0.1) is 18.1 Å². The number of aromatic carboxylic acids is 1. The lowest BCUT2D eigenvalue weighted by Crippen LogP contribution is -2.12. The minimum absolute atomic E-state index is 0.0674. The molecule has 0 atom stereocenters. The minimum atomic E-state index is -1.08. The number of nitrogens with zero attached hydrogens (tertiary/aromatic N) is 2. The van der Waals surface area contributed by atoms with Gasteiger partial charge in [-0.25, -0.2) is 9.59 Å². The molecule has 0 fully saturated rings. The van der Waals surface area contributed by atoms with Crippen molar-refractivity contribution in [2.24, 2.45) is 0 Å². The van der Waals surface area contributed by atoms with Crippen LogP contribution in [-0.2, 0) is 427 Å². The first-order valence-electron chi connectivity index (χ1n) is 25.5. The van der Waals surface area contributed by atoms with Crippen molar-refractivity contribution in [3.63, 3.8) is 0 Å². The van der Waals surface area contributed by atoms with Gasteiger partial charge in [-0.3, -0.25) is 0 Å². The van der Waals surface area contributed by atoms with Crippen molar-refractivity contribution in [2.75, 3.05) is 7.11 Å². The van der Waals surface area contributed by atoms with Gasteiger partial charge in [-0.1, -0.05) is 106 Å². The van der Waals surface area contributed by atoms with Crippen LogP contribution in [0.2, 0.25) is 20.1 Å². The van der Waals surface area contributed by atoms with Crippen molar-refractivity contribution >= 4 is 489 Å². The number of rotatable bonds is 10. The fourth-order valence-electron chi connectivity index (χ4n) is 7.05. The van der Waals surface area contributed by atoms with Crippen LogP contribution in [0.3, 0.4) is 0 Å². The smallest absolute Gasteiger partial charge is 0.358 e. The predicted octanol–water partition coefficient (Wildman–Crippen LogP) is 13.6. The summed E-state index contributed by atoms with van der Waals surface area (Å²) in [5.74, 6) is 0.302. The number of carbonyl (C=O) groups excluding carboxylic acids is 1. The molecule has 0 unspecified atom stereocenters. The second kappa shape index (κ2) is 63.1. The summed E-state index contributed by atoms with van der Waals surface area (Å²) in [4.78, 5) is 25.1. The lowest BCUT2D eigenvalue weighted by molar-refractivity contribution is 0.0585. The summed E-state index contributed by atoms with van der Waals surface area (Å²) in [5, 5.41) is 13.7. The number of halogens is 4. The van der Waals surface area contributed by atoms with Gasteiger partial charge in [-0.05, 0) is 110 Å². The quantitative estimate of drug-likeness (QED) is 0.134. The molecule has 568 valence electrons. The van der Waals surface area contributed by atoms with Crippen LogP contribution >= 0.6 is 46.4 Å². The highest BCUT2D eigenvalue weighted by molar-refractivity contribution is 8.80. The summed E-state index contributed by atoms with van der Waals surface area (Å²) in [6.07, 6.45) is 0. The van der Waals surface area contributed by atoms with Gasteiger partial charge in [0.2, 0.25) is 0 Å². The number of esters is 1. The summed E-state index contributed by atoms with van der Waals surface area (Å²) >= 11 is 43.5. The molecule has 0 aliphatic rings. The van der Waals surface area contributed by atoms with Gasteiger partial charge >= 0.3 is 11.9 Å². The molecule has 8 rings (SSSR count). The van der Waals surface area contributed by atoms with Gasteiger partial charge in [0, 0.05) is 453 Å². The highest BCUT2D eigenvalue weighted by Gasteiger charge is 2.27. The van der Waals surface area contributed by atoms with E-state index in [1.165, 1.54) is 42.6 Å². The van der Waals surface area contributed by atoms with E-state index in [-0.39, 0.29) is 11.4 Å². The van der Waals surface area contributed by atoms with Crippen molar-refractivity contribution in [3.05, 3.63) is 187 Å². The zero-order valence-corrected chi connectivity index (χ0v) is 90.1. The first-order chi connectivity index (χ1) is 50.7. The average molecular weight is 2310 g/mol. The molecule has 0 spiro atoms. The zero-order chi connectivity index (χ0) is 74.8. The van der Waals surface area contributed by atoms with Gasteiger partial charge in [-0.2, -0.15) is 0 Å². The average Bonchev–Trinajstić information content (AvgIpc) is 1.62. The maximum atomic E-state index is 12.8. The number of ether oxygens (including phenoxy) is 3. The summed E-state index contributed by atoms with van der Waals surface area (Å²) in [6.45, 7) is 4.77. The maximum Gasteiger partial charge on any atom is 0.358 e. The molecule has 1 N–H and O–H groups in total. The Morgan fingerprint density at radius 2 is 0.587 bits per heavy atom. The van der Waals surface area contributed by atoms with Gasteiger partial charge in [0.1, 0.15) is 11.5 Å². The molecular formula is C47H36Cl4N2O6S45. The summed E-state index contributed by atoms with van der Waals surface area (Å²) in [7, 11) is 72.1. The van der Waals surface area contributed by atoms with Crippen LogP contribution in [0.25, 0.3) is 21.8 Å². The van der Waals surface area contributed by atoms with Crippen LogP contribution in [0.1, 0.15) is 43.2 Å². The lowest BCUT2D eigenvalue weighted by Gasteiger charge is -2.11.